The summed E-state index contributed by atoms with van der Waals surface area (Å²) < 4.78 is 0. The van der Waals surface area contributed by atoms with Gasteiger partial charge in [0.15, 0.2) is 0 Å². The van der Waals surface area contributed by atoms with Crippen molar-refractivity contribution in [2.45, 2.75) is 45.1 Å². The lowest BCUT2D eigenvalue weighted by molar-refractivity contribution is 0.128. The van der Waals surface area contributed by atoms with Crippen LogP contribution in [-0.4, -0.2) is 37.1 Å². The maximum atomic E-state index is 5.90. The molecule has 0 spiro atoms. The van der Waals surface area contributed by atoms with Gasteiger partial charge in [-0.3, -0.25) is 4.90 Å². The Balaban J connectivity index is 1.51. The lowest BCUT2D eigenvalue weighted by Gasteiger charge is -2.42. The zero-order chi connectivity index (χ0) is 14.7. The fourth-order valence-corrected chi connectivity index (χ4v) is 3.99. The first-order valence-electron chi connectivity index (χ1n) is 8.61. The summed E-state index contributed by atoms with van der Waals surface area (Å²) in [4.78, 5) is 5.21. The quantitative estimate of drug-likeness (QED) is 0.865. The van der Waals surface area contributed by atoms with E-state index in [-0.39, 0.29) is 0 Å². The van der Waals surface area contributed by atoms with Gasteiger partial charge in [0.2, 0.25) is 0 Å². The fourth-order valence-electron chi connectivity index (χ4n) is 3.99. The second-order valence-electron chi connectivity index (χ2n) is 6.70. The molecule has 1 saturated heterocycles. The maximum absolute atomic E-state index is 5.90. The third-order valence-electron chi connectivity index (χ3n) is 5.46. The van der Waals surface area contributed by atoms with Crippen LogP contribution in [-0.2, 0) is 0 Å². The molecule has 1 aromatic rings. The third kappa shape index (κ3) is 3.52. The van der Waals surface area contributed by atoms with Gasteiger partial charge in [0.25, 0.3) is 0 Å². The Labute approximate surface area is 129 Å². The van der Waals surface area contributed by atoms with Crippen molar-refractivity contribution in [2.24, 2.45) is 5.92 Å². The zero-order valence-electron chi connectivity index (χ0n) is 13.3. The molecule has 3 heteroatoms. The molecule has 1 heterocycles. The van der Waals surface area contributed by atoms with Crippen molar-refractivity contribution in [2.75, 3.05) is 36.8 Å². The van der Waals surface area contributed by atoms with Crippen LogP contribution in [0.2, 0.25) is 0 Å². The van der Waals surface area contributed by atoms with Crippen LogP contribution in [0.25, 0.3) is 0 Å². The summed E-state index contributed by atoms with van der Waals surface area (Å²) in [6, 6.07) is 9.14. The number of nitrogens with zero attached hydrogens (tertiary/aromatic N) is 2. The average Bonchev–Trinajstić information content (AvgIpc) is 2.55. The molecule has 1 aliphatic carbocycles. The van der Waals surface area contributed by atoms with Gasteiger partial charge in [0.1, 0.15) is 0 Å². The van der Waals surface area contributed by atoms with Crippen LogP contribution in [0, 0.1) is 5.92 Å². The number of anilines is 2. The van der Waals surface area contributed by atoms with Crippen LogP contribution in [0.5, 0.6) is 0 Å². The average molecular weight is 287 g/mol. The molecule has 0 amide bonds. The predicted octanol–water partition coefficient (Wildman–Crippen LogP) is 3.36. The number of rotatable bonds is 3. The Bertz CT molecular complexity index is 444. The lowest BCUT2D eigenvalue weighted by atomic mass is 9.84. The maximum Gasteiger partial charge on any atom is 0.0387 e. The van der Waals surface area contributed by atoms with Crippen molar-refractivity contribution < 1.29 is 0 Å². The first-order chi connectivity index (χ1) is 10.3. The Kier molecular flexibility index (Phi) is 4.69. The zero-order valence-corrected chi connectivity index (χ0v) is 13.3. The molecule has 21 heavy (non-hydrogen) atoms. The van der Waals surface area contributed by atoms with Gasteiger partial charge >= 0.3 is 0 Å². The summed E-state index contributed by atoms with van der Waals surface area (Å²) in [5.74, 6) is 0.995. The molecule has 0 bridgehead atoms. The number of hydrogen-bond acceptors (Lipinski definition) is 3. The van der Waals surface area contributed by atoms with Crippen LogP contribution in [0.1, 0.15) is 39.0 Å². The van der Waals surface area contributed by atoms with Crippen molar-refractivity contribution in [3.05, 3.63) is 24.3 Å². The highest BCUT2D eigenvalue weighted by molar-refractivity contribution is 5.56. The molecule has 1 aromatic carbocycles. The van der Waals surface area contributed by atoms with E-state index in [4.69, 9.17) is 5.73 Å². The SMILES string of the molecule is CCC1CCC(N2CCN(c3cccc(N)c3)CC2)CC1. The number of benzene rings is 1. The van der Waals surface area contributed by atoms with Gasteiger partial charge in [0, 0.05) is 43.6 Å². The van der Waals surface area contributed by atoms with Gasteiger partial charge < -0.3 is 10.6 Å². The molecule has 3 nitrogen and oxygen atoms in total. The molecule has 0 atom stereocenters. The van der Waals surface area contributed by atoms with E-state index in [2.05, 4.69) is 34.9 Å². The van der Waals surface area contributed by atoms with Crippen LogP contribution in [0.3, 0.4) is 0 Å². The Hall–Kier alpha value is -1.22. The normalized spacial score (nSPS) is 27.8. The minimum atomic E-state index is 0.843. The highest BCUT2D eigenvalue weighted by Gasteiger charge is 2.27. The fraction of sp³-hybridized carbons (Fsp3) is 0.667. The molecule has 0 aromatic heterocycles. The van der Waals surface area contributed by atoms with E-state index in [9.17, 15) is 0 Å². The van der Waals surface area contributed by atoms with E-state index in [0.29, 0.717) is 0 Å². The molecule has 2 aliphatic rings. The summed E-state index contributed by atoms with van der Waals surface area (Å²) in [6.45, 7) is 7.02. The van der Waals surface area contributed by atoms with E-state index >= 15 is 0 Å². The van der Waals surface area contributed by atoms with Gasteiger partial charge in [-0.05, 0) is 49.8 Å². The summed E-state index contributed by atoms with van der Waals surface area (Å²) >= 11 is 0. The Morgan fingerprint density at radius 2 is 1.76 bits per heavy atom. The summed E-state index contributed by atoms with van der Waals surface area (Å²) in [6.07, 6.45) is 7.08. The molecular weight excluding hydrogens is 258 g/mol. The molecule has 2 N–H and O–H groups in total. The largest absolute Gasteiger partial charge is 0.399 e. The highest BCUT2D eigenvalue weighted by Crippen LogP contribution is 2.30. The molecule has 3 rings (SSSR count). The number of nitrogens with two attached hydrogens (primary N) is 1. The van der Waals surface area contributed by atoms with Crippen molar-refractivity contribution in [3.63, 3.8) is 0 Å². The number of piperazine rings is 1. The van der Waals surface area contributed by atoms with Gasteiger partial charge in [0.05, 0.1) is 0 Å². The van der Waals surface area contributed by atoms with Crippen LogP contribution >= 0.6 is 0 Å². The van der Waals surface area contributed by atoms with Crippen molar-refractivity contribution in [1.82, 2.24) is 4.90 Å². The summed E-state index contributed by atoms with van der Waals surface area (Å²) in [7, 11) is 0. The third-order valence-corrected chi connectivity index (χ3v) is 5.46. The van der Waals surface area contributed by atoms with Gasteiger partial charge in [-0.15, -0.1) is 0 Å². The minimum absolute atomic E-state index is 0.843. The van der Waals surface area contributed by atoms with E-state index in [1.54, 1.807) is 0 Å². The van der Waals surface area contributed by atoms with Crippen LogP contribution < -0.4 is 10.6 Å². The molecule has 116 valence electrons. The molecule has 1 saturated carbocycles. The van der Waals surface area contributed by atoms with E-state index < -0.39 is 0 Å². The highest BCUT2D eigenvalue weighted by atomic mass is 15.3. The summed E-state index contributed by atoms with van der Waals surface area (Å²) in [5.41, 5.74) is 8.05. The molecule has 0 radical (unpaired) electrons. The predicted molar refractivity (Wildman–Crippen MR) is 90.7 cm³/mol. The monoisotopic (exact) mass is 287 g/mol. The van der Waals surface area contributed by atoms with Crippen LogP contribution in [0.15, 0.2) is 24.3 Å². The van der Waals surface area contributed by atoms with Gasteiger partial charge in [-0.25, -0.2) is 0 Å². The Morgan fingerprint density at radius 1 is 1.05 bits per heavy atom. The first-order valence-corrected chi connectivity index (χ1v) is 8.61. The van der Waals surface area contributed by atoms with Crippen LogP contribution in [0.4, 0.5) is 11.4 Å². The topological polar surface area (TPSA) is 32.5 Å². The second-order valence-corrected chi connectivity index (χ2v) is 6.70. The summed E-state index contributed by atoms with van der Waals surface area (Å²) in [5, 5.41) is 0. The first kappa shape index (κ1) is 14.7. The number of nitrogen functional groups attached to an aromatic ring is 1. The van der Waals surface area contributed by atoms with Gasteiger partial charge in [-0.1, -0.05) is 19.4 Å². The smallest absolute Gasteiger partial charge is 0.0387 e. The molecule has 1 aliphatic heterocycles. The minimum Gasteiger partial charge on any atom is -0.399 e. The number of hydrogen-bond donors (Lipinski definition) is 1. The molecule has 0 unspecified atom stereocenters. The molecule has 2 fully saturated rings. The second kappa shape index (κ2) is 6.69. The standard InChI is InChI=1S/C18H29N3/c1-2-15-6-8-17(9-7-15)20-10-12-21(13-11-20)18-5-3-4-16(19)14-18/h3-5,14-15,17H,2,6-13,19H2,1H3. The Morgan fingerprint density at radius 3 is 2.38 bits per heavy atom. The van der Waals surface area contributed by atoms with Crippen molar-refractivity contribution in [3.8, 4) is 0 Å². The lowest BCUT2D eigenvalue weighted by Crippen LogP contribution is -2.51. The van der Waals surface area contributed by atoms with E-state index in [1.807, 2.05) is 6.07 Å². The van der Waals surface area contributed by atoms with E-state index in [0.717, 1.165) is 30.7 Å². The van der Waals surface area contributed by atoms with Crippen molar-refractivity contribution in [1.29, 1.82) is 0 Å². The van der Waals surface area contributed by atoms with E-state index in [1.165, 1.54) is 50.9 Å². The molecular formula is C18H29N3. The van der Waals surface area contributed by atoms with Crippen molar-refractivity contribution >= 4 is 11.4 Å². The van der Waals surface area contributed by atoms with Gasteiger partial charge in [-0.2, -0.15) is 0 Å².